The van der Waals surface area contributed by atoms with Crippen molar-refractivity contribution in [2.45, 2.75) is 13.1 Å². The van der Waals surface area contributed by atoms with E-state index in [1.807, 2.05) is 41.8 Å². The van der Waals surface area contributed by atoms with Gasteiger partial charge in [0.1, 0.15) is 11.3 Å². The van der Waals surface area contributed by atoms with Crippen molar-refractivity contribution in [2.75, 3.05) is 5.32 Å². The van der Waals surface area contributed by atoms with Crippen molar-refractivity contribution >= 4 is 51.7 Å². The van der Waals surface area contributed by atoms with Crippen LogP contribution in [0.2, 0.25) is 10.0 Å². The average Bonchev–Trinajstić information content (AvgIpc) is 3.37. The summed E-state index contributed by atoms with van der Waals surface area (Å²) >= 11 is 12.3. The zero-order valence-electron chi connectivity index (χ0n) is 18.3. The van der Waals surface area contributed by atoms with E-state index >= 15 is 0 Å². The molecule has 0 fully saturated rings. The Labute approximate surface area is 211 Å². The number of aromatic nitrogens is 6. The number of hydrogen-bond acceptors (Lipinski definition) is 5. The molecule has 0 unspecified atom stereocenters. The Hall–Kier alpha value is -3.89. The van der Waals surface area contributed by atoms with E-state index in [4.69, 9.17) is 23.2 Å². The van der Waals surface area contributed by atoms with Crippen LogP contribution < -0.4 is 5.32 Å². The Kier molecular flexibility index (Phi) is 5.06. The number of hydrogen-bond donors (Lipinski definition) is 1. The molecule has 0 spiro atoms. The highest BCUT2D eigenvalue weighted by atomic mass is 35.5. The van der Waals surface area contributed by atoms with Crippen LogP contribution in [0.15, 0.2) is 54.9 Å². The summed E-state index contributed by atoms with van der Waals surface area (Å²) in [6, 6.07) is 12.2. The van der Waals surface area contributed by atoms with Crippen LogP contribution >= 0.6 is 23.2 Å². The summed E-state index contributed by atoms with van der Waals surface area (Å²) in [5, 5.41) is 10.7. The van der Waals surface area contributed by atoms with Crippen LogP contribution in [-0.2, 0) is 6.18 Å². The second-order valence-electron chi connectivity index (χ2n) is 8.09. The second kappa shape index (κ2) is 8.07. The Morgan fingerprint density at radius 1 is 0.944 bits per heavy atom. The number of benzene rings is 2. The van der Waals surface area contributed by atoms with Gasteiger partial charge in [0.2, 0.25) is 5.82 Å². The second-order valence-corrected chi connectivity index (χ2v) is 8.90. The number of anilines is 1. The summed E-state index contributed by atoms with van der Waals surface area (Å²) < 4.78 is 44.1. The van der Waals surface area contributed by atoms with Gasteiger partial charge in [-0.15, -0.1) is 10.2 Å². The maximum absolute atomic E-state index is 13.7. The van der Waals surface area contributed by atoms with Crippen molar-refractivity contribution < 1.29 is 13.2 Å². The molecule has 12 heteroatoms. The van der Waals surface area contributed by atoms with E-state index in [2.05, 4.69) is 25.5 Å². The van der Waals surface area contributed by atoms with Crippen molar-refractivity contribution in [1.82, 2.24) is 29.3 Å². The van der Waals surface area contributed by atoms with Gasteiger partial charge >= 0.3 is 6.18 Å². The third kappa shape index (κ3) is 3.61. The van der Waals surface area contributed by atoms with Crippen LogP contribution in [0.1, 0.15) is 23.0 Å². The maximum Gasteiger partial charge on any atom is 0.452 e. The molecule has 4 heterocycles. The molecular weight excluding hydrogens is 514 g/mol. The Morgan fingerprint density at radius 2 is 1.69 bits per heavy atom. The molecule has 3 aromatic heterocycles. The Morgan fingerprint density at radius 3 is 2.44 bits per heavy atom. The fraction of sp³-hybridized carbons (Fsp3) is 0.0833. The van der Waals surface area contributed by atoms with Crippen molar-refractivity contribution in [1.29, 1.82) is 0 Å². The highest BCUT2D eigenvalue weighted by Crippen LogP contribution is 2.40. The molecule has 0 aliphatic carbocycles. The molecule has 180 valence electrons. The molecule has 2 aromatic carbocycles. The van der Waals surface area contributed by atoms with Crippen molar-refractivity contribution in [2.24, 2.45) is 0 Å². The zero-order chi connectivity index (χ0) is 25.2. The van der Waals surface area contributed by atoms with Crippen LogP contribution in [0.5, 0.6) is 0 Å². The number of pyridine rings is 1. The van der Waals surface area contributed by atoms with Crippen molar-refractivity contribution in [3.05, 3.63) is 87.9 Å². The molecule has 6 rings (SSSR count). The Bertz CT molecular complexity index is 1680. The number of aryl methyl sites for hydroxylation is 1. The summed E-state index contributed by atoms with van der Waals surface area (Å²) in [4.78, 5) is 8.66. The molecule has 0 atom stereocenters. The van der Waals surface area contributed by atoms with Gasteiger partial charge in [0.25, 0.3) is 0 Å². The molecule has 7 nitrogen and oxygen atoms in total. The van der Waals surface area contributed by atoms with E-state index < -0.39 is 12.0 Å². The number of nitrogens with zero attached hydrogens (tertiary/aromatic N) is 6. The van der Waals surface area contributed by atoms with Crippen molar-refractivity contribution in [3.8, 4) is 11.4 Å². The normalized spacial score (nSPS) is 13.1. The standard InChI is InChI=1S/C24H14Cl2F3N7/c1-12-31-19-11-30-7-6-20(19)35(12)14-4-2-13(3-5-14)17-10-22-33-34-23(24(27,28)29)36(22)21-9-16(26)15(25)8-18(21)32-17/h2-11,32H,1H3. The van der Waals surface area contributed by atoms with E-state index in [1.54, 1.807) is 12.4 Å². The van der Waals surface area contributed by atoms with Crippen LogP contribution in [0.3, 0.4) is 0 Å². The number of rotatable bonds is 2. The van der Waals surface area contributed by atoms with E-state index in [9.17, 15) is 13.2 Å². The number of imidazole rings is 1. The van der Waals surface area contributed by atoms with Crippen LogP contribution in [0, 0.1) is 6.92 Å². The third-order valence-corrected chi connectivity index (χ3v) is 6.55. The summed E-state index contributed by atoms with van der Waals surface area (Å²) in [7, 11) is 0. The van der Waals surface area contributed by atoms with Crippen LogP contribution in [0.4, 0.5) is 18.9 Å². The quantitative estimate of drug-likeness (QED) is 0.281. The SMILES string of the molecule is Cc1nc2cnccc2n1-c1ccc(C2=Cc3nnc(C(F)(F)F)n3-c3cc(Cl)c(Cl)cc3N2)cc1. The minimum atomic E-state index is -4.73. The number of alkyl halides is 3. The highest BCUT2D eigenvalue weighted by molar-refractivity contribution is 6.42. The van der Waals surface area contributed by atoms with Gasteiger partial charge in [-0.25, -0.2) is 4.98 Å². The van der Waals surface area contributed by atoms with Crippen LogP contribution in [0.25, 0.3) is 34.2 Å². The summed E-state index contributed by atoms with van der Waals surface area (Å²) in [5.74, 6) is -0.371. The molecule has 1 aliphatic rings. The Balaban J connectivity index is 1.48. The smallest absolute Gasteiger partial charge is 0.353 e. The molecule has 0 amide bonds. The minimum Gasteiger partial charge on any atom is -0.353 e. The first kappa shape index (κ1) is 22.6. The van der Waals surface area contributed by atoms with Gasteiger partial charge in [-0.1, -0.05) is 35.3 Å². The zero-order valence-corrected chi connectivity index (χ0v) is 19.9. The molecule has 1 N–H and O–H groups in total. The summed E-state index contributed by atoms with van der Waals surface area (Å²) in [6.07, 6.45) is 0.181. The lowest BCUT2D eigenvalue weighted by Gasteiger charge is -2.16. The van der Waals surface area contributed by atoms with Gasteiger partial charge in [0, 0.05) is 23.7 Å². The van der Waals surface area contributed by atoms with Gasteiger partial charge in [-0.05, 0) is 42.8 Å². The molecule has 5 aromatic rings. The molecule has 0 saturated heterocycles. The first-order valence-corrected chi connectivity index (χ1v) is 11.4. The number of halogens is 5. The third-order valence-electron chi connectivity index (χ3n) is 5.82. The maximum atomic E-state index is 13.7. The largest absolute Gasteiger partial charge is 0.452 e. The molecular formula is C24H14Cl2F3N7. The molecule has 36 heavy (non-hydrogen) atoms. The van der Waals surface area contributed by atoms with E-state index in [0.717, 1.165) is 27.1 Å². The lowest BCUT2D eigenvalue weighted by Crippen LogP contribution is -2.15. The monoisotopic (exact) mass is 527 g/mol. The highest BCUT2D eigenvalue weighted by Gasteiger charge is 2.40. The van der Waals surface area contributed by atoms with E-state index in [-0.39, 0.29) is 21.6 Å². The predicted octanol–water partition coefficient (Wildman–Crippen LogP) is 6.56. The average molecular weight is 528 g/mol. The minimum absolute atomic E-state index is 0.00464. The molecule has 0 bridgehead atoms. The fourth-order valence-corrected chi connectivity index (χ4v) is 4.59. The molecule has 1 aliphatic heterocycles. The van der Waals surface area contributed by atoms with E-state index in [0.29, 0.717) is 16.9 Å². The topological polar surface area (TPSA) is 73.5 Å². The number of fused-ring (bicyclic) bond motifs is 4. The lowest BCUT2D eigenvalue weighted by molar-refractivity contribution is -0.146. The van der Waals surface area contributed by atoms with Crippen molar-refractivity contribution in [3.63, 3.8) is 0 Å². The molecule has 0 saturated carbocycles. The summed E-state index contributed by atoms with van der Waals surface area (Å²) in [5.41, 5.74) is 4.25. The lowest BCUT2D eigenvalue weighted by atomic mass is 10.1. The van der Waals surface area contributed by atoms with E-state index in [1.165, 1.54) is 18.2 Å². The predicted molar refractivity (Wildman–Crippen MR) is 131 cm³/mol. The fourth-order valence-electron chi connectivity index (χ4n) is 4.27. The first-order valence-electron chi connectivity index (χ1n) is 10.6. The van der Waals surface area contributed by atoms with Gasteiger partial charge in [0.15, 0.2) is 5.82 Å². The van der Waals surface area contributed by atoms with Gasteiger partial charge in [0.05, 0.1) is 33.1 Å². The van der Waals surface area contributed by atoms with Crippen LogP contribution in [-0.4, -0.2) is 29.3 Å². The van der Waals surface area contributed by atoms with Gasteiger partial charge in [-0.2, -0.15) is 13.2 Å². The number of nitrogens with one attached hydrogen (secondary N) is 1. The first-order chi connectivity index (χ1) is 17.2. The van der Waals surface area contributed by atoms with Gasteiger partial charge < -0.3 is 5.32 Å². The molecule has 0 radical (unpaired) electrons. The summed E-state index contributed by atoms with van der Waals surface area (Å²) in [6.45, 7) is 1.90. The van der Waals surface area contributed by atoms with Gasteiger partial charge in [-0.3, -0.25) is 14.1 Å².